The van der Waals surface area contributed by atoms with Crippen molar-refractivity contribution in [3.63, 3.8) is 0 Å². The minimum atomic E-state index is -0.0785. The van der Waals surface area contributed by atoms with E-state index in [2.05, 4.69) is 31.4 Å². The highest BCUT2D eigenvalue weighted by Gasteiger charge is 2.31. The number of rotatable bonds is 3. The number of halogens is 1. The molecular formula is C13H25ClN2O. The van der Waals surface area contributed by atoms with Crippen molar-refractivity contribution in [2.45, 2.75) is 52.5 Å². The van der Waals surface area contributed by atoms with Crippen molar-refractivity contribution >= 4 is 17.6 Å². The van der Waals surface area contributed by atoms with E-state index in [9.17, 15) is 4.79 Å². The Labute approximate surface area is 110 Å². The zero-order valence-corrected chi connectivity index (χ0v) is 11.9. The summed E-state index contributed by atoms with van der Waals surface area (Å²) in [6.07, 6.45) is 4.69. The Morgan fingerprint density at radius 3 is 2.65 bits per heavy atom. The molecule has 2 unspecified atom stereocenters. The van der Waals surface area contributed by atoms with Gasteiger partial charge < -0.3 is 10.6 Å². The minimum absolute atomic E-state index is 0.0785. The first-order valence-electron chi connectivity index (χ1n) is 6.54. The zero-order chi connectivity index (χ0) is 12.9. The minimum Gasteiger partial charge on any atom is -0.337 e. The summed E-state index contributed by atoms with van der Waals surface area (Å²) in [6.45, 7) is 7.39. The highest BCUT2D eigenvalue weighted by atomic mass is 35.5. The fraction of sp³-hybridized carbons (Fsp3) is 0.923. The van der Waals surface area contributed by atoms with Gasteiger partial charge in [0.2, 0.25) is 0 Å². The van der Waals surface area contributed by atoms with E-state index >= 15 is 0 Å². The largest absolute Gasteiger partial charge is 0.337 e. The number of hydrogen-bond donors (Lipinski definition) is 2. The average molecular weight is 261 g/mol. The van der Waals surface area contributed by atoms with Crippen LogP contribution in [0.1, 0.15) is 46.5 Å². The Morgan fingerprint density at radius 1 is 1.35 bits per heavy atom. The van der Waals surface area contributed by atoms with Gasteiger partial charge in [0.25, 0.3) is 0 Å². The lowest BCUT2D eigenvalue weighted by molar-refractivity contribution is 0.154. The van der Waals surface area contributed by atoms with E-state index in [0.29, 0.717) is 29.8 Å². The van der Waals surface area contributed by atoms with Gasteiger partial charge in [-0.3, -0.25) is 0 Å². The van der Waals surface area contributed by atoms with Crippen LogP contribution in [-0.2, 0) is 0 Å². The topological polar surface area (TPSA) is 41.1 Å². The zero-order valence-electron chi connectivity index (χ0n) is 11.2. The number of urea groups is 1. The predicted octanol–water partition coefficient (Wildman–Crippen LogP) is 3.13. The molecule has 1 fully saturated rings. The molecule has 100 valence electrons. The van der Waals surface area contributed by atoms with Gasteiger partial charge in [-0.1, -0.05) is 27.2 Å². The Morgan fingerprint density at radius 2 is 2.06 bits per heavy atom. The third kappa shape index (κ3) is 5.15. The summed E-state index contributed by atoms with van der Waals surface area (Å²) in [7, 11) is 0. The maximum absolute atomic E-state index is 11.5. The predicted molar refractivity (Wildman–Crippen MR) is 72.5 cm³/mol. The molecule has 2 amide bonds. The first-order chi connectivity index (χ1) is 7.93. The molecule has 17 heavy (non-hydrogen) atoms. The first-order valence-corrected chi connectivity index (χ1v) is 7.07. The summed E-state index contributed by atoms with van der Waals surface area (Å²) in [5, 5.41) is 5.80. The van der Waals surface area contributed by atoms with Crippen LogP contribution in [0.5, 0.6) is 0 Å². The van der Waals surface area contributed by atoms with Crippen molar-refractivity contribution in [3.8, 4) is 0 Å². The molecule has 0 radical (unpaired) electrons. The summed E-state index contributed by atoms with van der Waals surface area (Å²) in [4.78, 5) is 11.5. The standard InChI is InChI=1S/C13H25ClN2O/c1-13(2,3)10-5-4-6-11(9-10)16-12(17)15-8-7-14/h10-11H,4-9H2,1-3H3,(H2,15,16,17). The van der Waals surface area contributed by atoms with Gasteiger partial charge in [0.15, 0.2) is 0 Å². The fourth-order valence-corrected chi connectivity index (χ4v) is 2.60. The molecule has 0 saturated heterocycles. The van der Waals surface area contributed by atoms with Crippen LogP contribution in [0.2, 0.25) is 0 Å². The lowest BCUT2D eigenvalue weighted by atomic mass is 9.71. The van der Waals surface area contributed by atoms with Gasteiger partial charge in [-0.05, 0) is 30.6 Å². The van der Waals surface area contributed by atoms with Gasteiger partial charge in [-0.15, -0.1) is 11.6 Å². The molecule has 0 aliphatic heterocycles. The Balaban J connectivity index is 2.37. The van der Waals surface area contributed by atoms with Crippen molar-refractivity contribution in [2.24, 2.45) is 11.3 Å². The van der Waals surface area contributed by atoms with Crippen molar-refractivity contribution in [3.05, 3.63) is 0 Å². The number of amides is 2. The van der Waals surface area contributed by atoms with E-state index in [0.717, 1.165) is 12.8 Å². The van der Waals surface area contributed by atoms with E-state index in [-0.39, 0.29) is 6.03 Å². The molecule has 0 heterocycles. The normalized spacial score (nSPS) is 25.4. The van der Waals surface area contributed by atoms with Gasteiger partial charge in [0.05, 0.1) is 0 Å². The molecule has 1 aliphatic rings. The van der Waals surface area contributed by atoms with Crippen LogP contribution in [0, 0.1) is 11.3 Å². The van der Waals surface area contributed by atoms with Crippen molar-refractivity contribution in [2.75, 3.05) is 12.4 Å². The van der Waals surface area contributed by atoms with Crippen LogP contribution in [0.4, 0.5) is 4.79 Å². The molecule has 1 saturated carbocycles. The lowest BCUT2D eigenvalue weighted by Crippen LogP contribution is -2.45. The van der Waals surface area contributed by atoms with Crippen LogP contribution in [0.15, 0.2) is 0 Å². The third-order valence-corrected chi connectivity index (χ3v) is 3.80. The van der Waals surface area contributed by atoms with Crippen LogP contribution in [0.3, 0.4) is 0 Å². The van der Waals surface area contributed by atoms with Crippen molar-refractivity contribution < 1.29 is 4.79 Å². The molecule has 1 aliphatic carbocycles. The van der Waals surface area contributed by atoms with E-state index < -0.39 is 0 Å². The summed E-state index contributed by atoms with van der Waals surface area (Å²) in [5.41, 5.74) is 0.340. The van der Waals surface area contributed by atoms with Gasteiger partial charge in [0.1, 0.15) is 0 Å². The smallest absolute Gasteiger partial charge is 0.315 e. The number of carbonyl (C=O) groups is 1. The molecule has 0 spiro atoms. The van der Waals surface area contributed by atoms with Crippen LogP contribution >= 0.6 is 11.6 Å². The second-order valence-electron chi connectivity index (χ2n) is 6.02. The van der Waals surface area contributed by atoms with Crippen molar-refractivity contribution in [1.82, 2.24) is 10.6 Å². The number of nitrogens with one attached hydrogen (secondary N) is 2. The lowest BCUT2D eigenvalue weighted by Gasteiger charge is -2.37. The summed E-state index contributed by atoms with van der Waals surface area (Å²) in [6, 6.07) is 0.244. The molecule has 3 nitrogen and oxygen atoms in total. The number of alkyl halides is 1. The second-order valence-corrected chi connectivity index (χ2v) is 6.39. The van der Waals surface area contributed by atoms with E-state index in [1.54, 1.807) is 0 Å². The SMILES string of the molecule is CC(C)(C)C1CCCC(NC(=O)NCCCl)C1. The molecule has 0 aromatic carbocycles. The first kappa shape index (κ1) is 14.6. The number of hydrogen-bond acceptors (Lipinski definition) is 1. The molecule has 0 aromatic rings. The number of carbonyl (C=O) groups excluding carboxylic acids is 1. The quantitative estimate of drug-likeness (QED) is 0.752. The molecule has 0 aromatic heterocycles. The summed E-state index contributed by atoms with van der Waals surface area (Å²) >= 11 is 5.53. The van der Waals surface area contributed by atoms with Gasteiger partial charge in [0, 0.05) is 18.5 Å². The molecule has 2 N–H and O–H groups in total. The Kier molecular flexibility index (Phi) is 5.57. The molecule has 0 bridgehead atoms. The Hall–Kier alpha value is -0.440. The summed E-state index contributed by atoms with van der Waals surface area (Å²) < 4.78 is 0. The van der Waals surface area contributed by atoms with E-state index in [1.807, 2.05) is 0 Å². The van der Waals surface area contributed by atoms with Gasteiger partial charge >= 0.3 is 6.03 Å². The highest BCUT2D eigenvalue weighted by molar-refractivity contribution is 6.18. The van der Waals surface area contributed by atoms with Crippen LogP contribution in [-0.4, -0.2) is 24.5 Å². The summed E-state index contributed by atoms with van der Waals surface area (Å²) in [5.74, 6) is 1.16. The average Bonchev–Trinajstić information content (AvgIpc) is 2.25. The monoisotopic (exact) mass is 260 g/mol. The maximum Gasteiger partial charge on any atom is 0.315 e. The fourth-order valence-electron chi connectivity index (χ4n) is 2.50. The highest BCUT2D eigenvalue weighted by Crippen LogP contribution is 2.37. The maximum atomic E-state index is 11.5. The van der Waals surface area contributed by atoms with Crippen molar-refractivity contribution in [1.29, 1.82) is 0 Å². The van der Waals surface area contributed by atoms with E-state index in [4.69, 9.17) is 11.6 Å². The molecular weight excluding hydrogens is 236 g/mol. The van der Waals surface area contributed by atoms with Crippen LogP contribution < -0.4 is 10.6 Å². The molecule has 2 atom stereocenters. The van der Waals surface area contributed by atoms with E-state index in [1.165, 1.54) is 12.8 Å². The Bertz CT molecular complexity index is 250. The van der Waals surface area contributed by atoms with Gasteiger partial charge in [-0.2, -0.15) is 0 Å². The second kappa shape index (κ2) is 6.48. The molecule has 4 heteroatoms. The third-order valence-electron chi connectivity index (χ3n) is 3.61. The van der Waals surface area contributed by atoms with Crippen LogP contribution in [0.25, 0.3) is 0 Å². The molecule has 1 rings (SSSR count). The van der Waals surface area contributed by atoms with Gasteiger partial charge in [-0.25, -0.2) is 4.79 Å².